The van der Waals surface area contributed by atoms with E-state index in [9.17, 15) is 9.59 Å². The van der Waals surface area contributed by atoms with Gasteiger partial charge in [0.05, 0.1) is 0 Å². The quantitative estimate of drug-likeness (QED) is 0.673. The number of hydrogen-bond acceptors (Lipinski definition) is 3. The normalized spacial score (nSPS) is 13.4. The number of nitrogens with two attached hydrogens (primary N) is 1. The summed E-state index contributed by atoms with van der Waals surface area (Å²) >= 11 is 0. The van der Waals surface area contributed by atoms with Crippen molar-refractivity contribution in [3.05, 3.63) is 35.4 Å². The maximum absolute atomic E-state index is 12.1. The van der Waals surface area contributed by atoms with Crippen LogP contribution in [0.2, 0.25) is 0 Å². The number of hydrogen-bond donors (Lipinski definition) is 3. The van der Waals surface area contributed by atoms with E-state index in [1.165, 1.54) is 11.1 Å². The fourth-order valence-corrected chi connectivity index (χ4v) is 2.48. The Morgan fingerprint density at radius 3 is 2.68 bits per heavy atom. The van der Waals surface area contributed by atoms with Gasteiger partial charge in [-0.3, -0.25) is 4.79 Å². The molecular formula is C16H24N4O2. The molecule has 3 amide bonds. The molecule has 0 bridgehead atoms. The van der Waals surface area contributed by atoms with Gasteiger partial charge in [-0.2, -0.15) is 0 Å². The molecule has 1 aromatic rings. The number of rotatable bonds is 6. The molecule has 4 N–H and O–H groups in total. The molecule has 0 fully saturated rings. The highest BCUT2D eigenvalue weighted by molar-refractivity contribution is 5.78. The lowest BCUT2D eigenvalue weighted by Crippen LogP contribution is -2.43. The van der Waals surface area contributed by atoms with E-state index >= 15 is 0 Å². The van der Waals surface area contributed by atoms with Gasteiger partial charge in [0.15, 0.2) is 0 Å². The molecule has 120 valence electrons. The van der Waals surface area contributed by atoms with E-state index in [4.69, 9.17) is 5.73 Å². The van der Waals surface area contributed by atoms with Crippen molar-refractivity contribution in [3.63, 3.8) is 0 Å². The van der Waals surface area contributed by atoms with Crippen molar-refractivity contribution in [1.29, 1.82) is 0 Å². The second-order valence-corrected chi connectivity index (χ2v) is 5.41. The summed E-state index contributed by atoms with van der Waals surface area (Å²) < 4.78 is 0. The summed E-state index contributed by atoms with van der Waals surface area (Å²) in [5, 5.41) is 5.57. The minimum Gasteiger partial charge on any atom is -0.356 e. The van der Waals surface area contributed by atoms with Crippen LogP contribution in [0.1, 0.15) is 24.0 Å². The van der Waals surface area contributed by atoms with Crippen LogP contribution in [0.5, 0.6) is 0 Å². The largest absolute Gasteiger partial charge is 0.356 e. The van der Waals surface area contributed by atoms with Crippen molar-refractivity contribution in [3.8, 4) is 0 Å². The summed E-state index contributed by atoms with van der Waals surface area (Å²) in [5.74, 6) is -0.0576. The molecule has 6 heteroatoms. The topological polar surface area (TPSA) is 87.5 Å². The molecule has 0 aromatic heterocycles. The zero-order chi connectivity index (χ0) is 15.8. The maximum Gasteiger partial charge on any atom is 0.317 e. The van der Waals surface area contributed by atoms with E-state index in [2.05, 4.69) is 22.8 Å². The predicted octanol–water partition coefficient (Wildman–Crippen LogP) is 0.609. The number of carbonyl (C=O) groups is 2. The van der Waals surface area contributed by atoms with Crippen LogP contribution >= 0.6 is 0 Å². The van der Waals surface area contributed by atoms with Crippen LogP contribution in [0.25, 0.3) is 0 Å². The minimum atomic E-state index is -0.107. The fraction of sp³-hybridized carbons (Fsp3) is 0.500. The second kappa shape index (κ2) is 8.38. The van der Waals surface area contributed by atoms with Crippen LogP contribution in [-0.4, -0.2) is 43.0 Å². The van der Waals surface area contributed by atoms with E-state index in [0.29, 0.717) is 39.1 Å². The van der Waals surface area contributed by atoms with Gasteiger partial charge in [-0.15, -0.1) is 0 Å². The smallest absolute Gasteiger partial charge is 0.317 e. The van der Waals surface area contributed by atoms with Crippen LogP contribution in [0.4, 0.5) is 4.79 Å². The number of nitrogens with one attached hydrogen (secondary N) is 2. The van der Waals surface area contributed by atoms with Gasteiger partial charge in [0.2, 0.25) is 5.91 Å². The Balaban J connectivity index is 1.69. The van der Waals surface area contributed by atoms with Crippen molar-refractivity contribution >= 4 is 11.9 Å². The summed E-state index contributed by atoms with van der Waals surface area (Å²) in [6, 6.07) is 8.07. The Labute approximate surface area is 131 Å². The number of benzene rings is 1. The first kappa shape index (κ1) is 16.3. The third-order valence-electron chi connectivity index (χ3n) is 3.75. The van der Waals surface area contributed by atoms with Gasteiger partial charge in [-0.25, -0.2) is 4.79 Å². The van der Waals surface area contributed by atoms with Gasteiger partial charge in [-0.1, -0.05) is 24.3 Å². The molecule has 0 atom stereocenters. The summed E-state index contributed by atoms with van der Waals surface area (Å²) in [6.45, 7) is 2.85. The second-order valence-electron chi connectivity index (χ2n) is 5.41. The molecule has 1 heterocycles. The minimum absolute atomic E-state index is 0.0576. The number of carbonyl (C=O) groups excluding carboxylic acids is 2. The molecule has 0 saturated carbocycles. The summed E-state index contributed by atoms with van der Waals surface area (Å²) in [6.07, 6.45) is 1.94. The number of amides is 3. The van der Waals surface area contributed by atoms with E-state index < -0.39 is 0 Å². The van der Waals surface area contributed by atoms with Crippen LogP contribution < -0.4 is 16.4 Å². The maximum atomic E-state index is 12.1. The average molecular weight is 304 g/mol. The lowest BCUT2D eigenvalue weighted by atomic mass is 10.0. The van der Waals surface area contributed by atoms with Crippen molar-refractivity contribution in [2.24, 2.45) is 5.73 Å². The number of fused-ring (bicyclic) bond motifs is 1. The fourth-order valence-electron chi connectivity index (χ4n) is 2.48. The molecule has 1 aliphatic heterocycles. The van der Waals surface area contributed by atoms with Crippen molar-refractivity contribution in [2.75, 3.05) is 26.2 Å². The van der Waals surface area contributed by atoms with Crippen molar-refractivity contribution < 1.29 is 9.59 Å². The van der Waals surface area contributed by atoms with Gasteiger partial charge in [0.25, 0.3) is 0 Å². The molecule has 0 aliphatic carbocycles. The van der Waals surface area contributed by atoms with Crippen molar-refractivity contribution in [2.45, 2.75) is 25.8 Å². The van der Waals surface area contributed by atoms with E-state index in [1.807, 2.05) is 12.1 Å². The monoisotopic (exact) mass is 304 g/mol. The lowest BCUT2D eigenvalue weighted by Gasteiger charge is -2.28. The molecule has 1 aromatic carbocycles. The molecule has 0 saturated heterocycles. The van der Waals surface area contributed by atoms with Crippen LogP contribution in [0, 0.1) is 0 Å². The first-order valence-corrected chi connectivity index (χ1v) is 7.77. The van der Waals surface area contributed by atoms with Gasteiger partial charge >= 0.3 is 6.03 Å². The Kier molecular flexibility index (Phi) is 6.21. The Morgan fingerprint density at radius 1 is 1.14 bits per heavy atom. The highest BCUT2D eigenvalue weighted by Gasteiger charge is 2.19. The van der Waals surface area contributed by atoms with Crippen LogP contribution in [-0.2, 0) is 17.8 Å². The third kappa shape index (κ3) is 4.73. The van der Waals surface area contributed by atoms with E-state index in [0.717, 1.165) is 12.8 Å². The molecule has 0 unspecified atom stereocenters. The summed E-state index contributed by atoms with van der Waals surface area (Å²) in [5.41, 5.74) is 7.87. The third-order valence-corrected chi connectivity index (χ3v) is 3.75. The van der Waals surface area contributed by atoms with E-state index in [1.54, 1.807) is 4.90 Å². The first-order valence-electron chi connectivity index (χ1n) is 7.77. The van der Waals surface area contributed by atoms with Gasteiger partial charge < -0.3 is 21.3 Å². The number of nitrogens with zero attached hydrogens (tertiary/aromatic N) is 1. The highest BCUT2D eigenvalue weighted by atomic mass is 16.2. The van der Waals surface area contributed by atoms with Gasteiger partial charge in [-0.05, 0) is 30.5 Å². The standard InChI is InChI=1S/C16H24N4O2/c17-8-3-9-18-15(21)6-10-19-16(22)20-11-7-13-4-1-2-5-14(13)12-20/h1-2,4-5H,3,6-12,17H2,(H,18,21)(H,19,22). The zero-order valence-corrected chi connectivity index (χ0v) is 12.8. The molecule has 6 nitrogen and oxygen atoms in total. The Morgan fingerprint density at radius 2 is 1.91 bits per heavy atom. The highest BCUT2D eigenvalue weighted by Crippen LogP contribution is 2.18. The summed E-state index contributed by atoms with van der Waals surface area (Å²) in [4.78, 5) is 25.4. The van der Waals surface area contributed by atoms with Crippen LogP contribution in [0.15, 0.2) is 24.3 Å². The Hall–Kier alpha value is -2.08. The molecular weight excluding hydrogens is 280 g/mol. The first-order chi connectivity index (χ1) is 10.7. The van der Waals surface area contributed by atoms with Crippen LogP contribution in [0.3, 0.4) is 0 Å². The van der Waals surface area contributed by atoms with Gasteiger partial charge in [0.1, 0.15) is 0 Å². The molecule has 2 rings (SSSR count). The predicted molar refractivity (Wildman–Crippen MR) is 85.3 cm³/mol. The average Bonchev–Trinajstić information content (AvgIpc) is 2.54. The summed E-state index contributed by atoms with van der Waals surface area (Å²) in [7, 11) is 0. The molecule has 1 aliphatic rings. The molecule has 22 heavy (non-hydrogen) atoms. The van der Waals surface area contributed by atoms with Crippen molar-refractivity contribution in [1.82, 2.24) is 15.5 Å². The SMILES string of the molecule is NCCCNC(=O)CCNC(=O)N1CCc2ccccc2C1. The molecule has 0 spiro atoms. The Bertz CT molecular complexity index is 519. The van der Waals surface area contributed by atoms with Gasteiger partial charge in [0, 0.05) is 32.6 Å². The molecule has 0 radical (unpaired) electrons. The zero-order valence-electron chi connectivity index (χ0n) is 12.8. The van der Waals surface area contributed by atoms with E-state index in [-0.39, 0.29) is 11.9 Å². The number of urea groups is 1. The lowest BCUT2D eigenvalue weighted by molar-refractivity contribution is -0.120.